The van der Waals surface area contributed by atoms with Crippen LogP contribution in [0.1, 0.15) is 43.5 Å². The van der Waals surface area contributed by atoms with Crippen LogP contribution < -0.4 is 11.1 Å². The zero-order valence-electron chi connectivity index (χ0n) is 11.9. The van der Waals surface area contributed by atoms with Gasteiger partial charge in [0, 0.05) is 17.8 Å². The van der Waals surface area contributed by atoms with E-state index < -0.39 is 0 Å². The van der Waals surface area contributed by atoms with Gasteiger partial charge in [0.15, 0.2) is 0 Å². The molecule has 1 unspecified atom stereocenters. The summed E-state index contributed by atoms with van der Waals surface area (Å²) in [7, 11) is 0. The third kappa shape index (κ3) is 3.25. The zero-order valence-corrected chi connectivity index (χ0v) is 11.9. The van der Waals surface area contributed by atoms with Crippen molar-refractivity contribution in [3.8, 4) is 0 Å². The van der Waals surface area contributed by atoms with E-state index in [2.05, 4.69) is 25.2 Å². The predicted octanol–water partition coefficient (Wildman–Crippen LogP) is 1.85. The molecule has 1 aromatic heterocycles. The minimum Gasteiger partial charge on any atom is -0.394 e. The van der Waals surface area contributed by atoms with E-state index in [1.165, 1.54) is 24.1 Å². The standard InChI is InChI=1S/C15H25N3O/c1-10(2)14(9-19)18-15-12(8-16)7-11-5-3-4-6-13(11)17-15/h7,10,14,19H,3-6,8-9,16H2,1-2H3,(H,17,18). The van der Waals surface area contributed by atoms with Crippen molar-refractivity contribution in [2.75, 3.05) is 11.9 Å². The molecule has 1 atom stereocenters. The lowest BCUT2D eigenvalue weighted by Crippen LogP contribution is -2.31. The van der Waals surface area contributed by atoms with Crippen LogP contribution in [0.2, 0.25) is 0 Å². The van der Waals surface area contributed by atoms with Crippen LogP contribution in [-0.2, 0) is 19.4 Å². The first-order valence-corrected chi connectivity index (χ1v) is 7.24. The van der Waals surface area contributed by atoms with E-state index >= 15 is 0 Å². The summed E-state index contributed by atoms with van der Waals surface area (Å²) in [4.78, 5) is 4.75. The van der Waals surface area contributed by atoms with Gasteiger partial charge >= 0.3 is 0 Å². The normalized spacial score (nSPS) is 16.3. The van der Waals surface area contributed by atoms with Gasteiger partial charge in [0.2, 0.25) is 0 Å². The van der Waals surface area contributed by atoms with Gasteiger partial charge in [-0.15, -0.1) is 0 Å². The number of nitrogens with one attached hydrogen (secondary N) is 1. The number of aromatic nitrogens is 1. The zero-order chi connectivity index (χ0) is 13.8. The van der Waals surface area contributed by atoms with E-state index in [1.807, 2.05) is 0 Å². The molecule has 0 bridgehead atoms. The van der Waals surface area contributed by atoms with E-state index in [9.17, 15) is 5.11 Å². The Morgan fingerprint density at radius 3 is 2.74 bits per heavy atom. The molecular formula is C15H25N3O. The van der Waals surface area contributed by atoms with E-state index in [-0.39, 0.29) is 12.6 Å². The molecule has 1 heterocycles. The molecule has 4 nitrogen and oxygen atoms in total. The summed E-state index contributed by atoms with van der Waals surface area (Å²) in [6.45, 7) is 4.78. The van der Waals surface area contributed by atoms with Gasteiger partial charge in [-0.25, -0.2) is 4.98 Å². The lowest BCUT2D eigenvalue weighted by Gasteiger charge is -2.24. The van der Waals surface area contributed by atoms with Crippen molar-refractivity contribution in [2.24, 2.45) is 11.7 Å². The molecule has 0 spiro atoms. The number of hydrogen-bond donors (Lipinski definition) is 3. The summed E-state index contributed by atoms with van der Waals surface area (Å²) in [5.74, 6) is 1.21. The van der Waals surface area contributed by atoms with Gasteiger partial charge in [0.05, 0.1) is 12.6 Å². The van der Waals surface area contributed by atoms with Gasteiger partial charge in [0.1, 0.15) is 5.82 Å². The number of aryl methyl sites for hydroxylation is 2. The highest BCUT2D eigenvalue weighted by molar-refractivity contribution is 5.49. The van der Waals surface area contributed by atoms with Crippen molar-refractivity contribution in [1.82, 2.24) is 4.98 Å². The van der Waals surface area contributed by atoms with Crippen molar-refractivity contribution in [2.45, 2.75) is 52.1 Å². The largest absolute Gasteiger partial charge is 0.394 e. The quantitative estimate of drug-likeness (QED) is 0.758. The molecule has 19 heavy (non-hydrogen) atoms. The molecule has 1 aliphatic carbocycles. The SMILES string of the molecule is CC(C)C(CO)Nc1nc2c(cc1CN)CCCC2. The minimum atomic E-state index is 0.0273. The molecule has 0 radical (unpaired) electrons. The van der Waals surface area contributed by atoms with Crippen LogP contribution in [0.15, 0.2) is 6.07 Å². The Morgan fingerprint density at radius 2 is 2.11 bits per heavy atom. The molecule has 4 N–H and O–H groups in total. The first kappa shape index (κ1) is 14.3. The number of fused-ring (bicyclic) bond motifs is 1. The van der Waals surface area contributed by atoms with Crippen LogP contribution in [-0.4, -0.2) is 22.7 Å². The molecule has 0 saturated carbocycles. The maximum atomic E-state index is 9.44. The fourth-order valence-corrected chi connectivity index (χ4v) is 2.56. The Labute approximate surface area is 115 Å². The molecule has 106 valence electrons. The molecule has 0 aliphatic heterocycles. The van der Waals surface area contributed by atoms with Crippen molar-refractivity contribution >= 4 is 5.82 Å². The van der Waals surface area contributed by atoms with Crippen LogP contribution in [0.5, 0.6) is 0 Å². The number of anilines is 1. The van der Waals surface area contributed by atoms with Gasteiger partial charge in [-0.1, -0.05) is 13.8 Å². The van der Waals surface area contributed by atoms with E-state index in [0.29, 0.717) is 12.5 Å². The van der Waals surface area contributed by atoms with Crippen molar-refractivity contribution in [1.29, 1.82) is 0 Å². The Kier molecular flexibility index (Phi) is 4.77. The fraction of sp³-hybridized carbons (Fsp3) is 0.667. The molecule has 0 saturated heterocycles. The van der Waals surface area contributed by atoms with Crippen molar-refractivity contribution in [3.63, 3.8) is 0 Å². The smallest absolute Gasteiger partial charge is 0.131 e. The molecular weight excluding hydrogens is 238 g/mol. The molecule has 0 amide bonds. The van der Waals surface area contributed by atoms with Crippen LogP contribution in [0.4, 0.5) is 5.82 Å². The van der Waals surface area contributed by atoms with Crippen molar-refractivity contribution < 1.29 is 5.11 Å². The summed E-state index contributed by atoms with van der Waals surface area (Å²) in [5.41, 5.74) is 9.44. The highest BCUT2D eigenvalue weighted by atomic mass is 16.3. The monoisotopic (exact) mass is 263 g/mol. The van der Waals surface area contributed by atoms with Gasteiger partial charge in [-0.3, -0.25) is 0 Å². The summed E-state index contributed by atoms with van der Waals surface area (Å²) >= 11 is 0. The number of aliphatic hydroxyl groups is 1. The van der Waals surface area contributed by atoms with Crippen LogP contribution >= 0.6 is 0 Å². The highest BCUT2D eigenvalue weighted by Crippen LogP contribution is 2.25. The maximum Gasteiger partial charge on any atom is 0.131 e. The summed E-state index contributed by atoms with van der Waals surface area (Å²) in [5, 5.41) is 12.8. The van der Waals surface area contributed by atoms with Gasteiger partial charge in [-0.2, -0.15) is 0 Å². The van der Waals surface area contributed by atoms with Crippen LogP contribution in [0.3, 0.4) is 0 Å². The topological polar surface area (TPSA) is 71.2 Å². The summed E-state index contributed by atoms with van der Waals surface area (Å²) in [6, 6.07) is 2.22. The lowest BCUT2D eigenvalue weighted by atomic mass is 9.94. The van der Waals surface area contributed by atoms with E-state index in [4.69, 9.17) is 10.7 Å². The maximum absolute atomic E-state index is 9.44. The van der Waals surface area contributed by atoms with E-state index in [1.54, 1.807) is 0 Å². The summed E-state index contributed by atoms with van der Waals surface area (Å²) in [6.07, 6.45) is 4.63. The number of nitrogens with two attached hydrogens (primary N) is 1. The Balaban J connectivity index is 2.28. The third-order valence-corrected chi connectivity index (χ3v) is 3.92. The molecule has 0 aromatic carbocycles. The van der Waals surface area contributed by atoms with Crippen molar-refractivity contribution in [3.05, 3.63) is 22.9 Å². The molecule has 4 heteroatoms. The second-order valence-corrected chi connectivity index (χ2v) is 5.69. The first-order valence-electron chi connectivity index (χ1n) is 7.24. The molecule has 2 rings (SSSR count). The molecule has 1 aliphatic rings. The summed E-state index contributed by atoms with van der Waals surface area (Å²) < 4.78 is 0. The number of pyridine rings is 1. The number of aliphatic hydroxyl groups excluding tert-OH is 1. The van der Waals surface area contributed by atoms with Gasteiger partial charge in [-0.05, 0) is 43.2 Å². The van der Waals surface area contributed by atoms with Crippen LogP contribution in [0, 0.1) is 5.92 Å². The average Bonchev–Trinajstić information content (AvgIpc) is 2.43. The Hall–Kier alpha value is -1.13. The highest BCUT2D eigenvalue weighted by Gasteiger charge is 2.18. The first-order chi connectivity index (χ1) is 9.15. The second kappa shape index (κ2) is 6.35. The van der Waals surface area contributed by atoms with E-state index in [0.717, 1.165) is 24.2 Å². The van der Waals surface area contributed by atoms with Crippen LogP contribution in [0.25, 0.3) is 0 Å². The minimum absolute atomic E-state index is 0.0273. The van der Waals surface area contributed by atoms with Gasteiger partial charge < -0.3 is 16.2 Å². The third-order valence-electron chi connectivity index (χ3n) is 3.92. The predicted molar refractivity (Wildman–Crippen MR) is 78.1 cm³/mol. The second-order valence-electron chi connectivity index (χ2n) is 5.69. The molecule has 0 fully saturated rings. The average molecular weight is 263 g/mol. The Bertz CT molecular complexity index is 432. The molecule has 1 aromatic rings. The van der Waals surface area contributed by atoms with Gasteiger partial charge in [0.25, 0.3) is 0 Å². The number of nitrogens with zero attached hydrogens (tertiary/aromatic N) is 1. The fourth-order valence-electron chi connectivity index (χ4n) is 2.56. The lowest BCUT2D eigenvalue weighted by molar-refractivity contribution is 0.249. The number of hydrogen-bond acceptors (Lipinski definition) is 4. The number of rotatable bonds is 5. The Morgan fingerprint density at radius 1 is 1.37 bits per heavy atom.